The number of carbonyl (C=O) groups excluding carboxylic acids is 1. The van der Waals surface area contributed by atoms with E-state index >= 15 is 0 Å². The Labute approximate surface area is 98.8 Å². The highest BCUT2D eigenvalue weighted by Gasteiger charge is 2.19. The highest BCUT2D eigenvalue weighted by molar-refractivity contribution is 7.99. The van der Waals surface area contributed by atoms with Gasteiger partial charge in [-0.25, -0.2) is 4.98 Å². The lowest BCUT2D eigenvalue weighted by molar-refractivity contribution is 0.0924. The minimum Gasteiger partial charge on any atom is -0.346 e. The molecule has 2 heterocycles. The number of nitrogens with zero attached hydrogens (tertiary/aromatic N) is 2. The van der Waals surface area contributed by atoms with Crippen molar-refractivity contribution >= 4 is 17.7 Å². The molecule has 0 bridgehead atoms. The molecule has 1 aromatic rings. The maximum atomic E-state index is 11.8. The topological polar surface area (TPSA) is 70.7 Å². The second-order valence-electron chi connectivity index (χ2n) is 3.82. The van der Waals surface area contributed by atoms with Crippen LogP contribution in [0.4, 0.5) is 0 Å². The fraction of sp³-hybridized carbons (Fsp3) is 0.700. The number of aryl methyl sites for hydroxylation is 1. The van der Waals surface area contributed by atoms with Gasteiger partial charge in [0.25, 0.3) is 5.91 Å². The molecule has 1 aliphatic heterocycles. The molecular weight excluding hydrogens is 224 g/mol. The molecule has 16 heavy (non-hydrogen) atoms. The SMILES string of the molecule is CCc1nc(C(=O)NC2CCSCC2)n[nH]1. The second kappa shape index (κ2) is 5.34. The number of thioether (sulfide) groups is 1. The van der Waals surface area contributed by atoms with Crippen molar-refractivity contribution < 1.29 is 4.79 Å². The summed E-state index contributed by atoms with van der Waals surface area (Å²) in [6.45, 7) is 1.97. The zero-order valence-electron chi connectivity index (χ0n) is 9.32. The van der Waals surface area contributed by atoms with E-state index in [0.29, 0.717) is 0 Å². The van der Waals surface area contributed by atoms with Gasteiger partial charge in [-0.15, -0.1) is 5.10 Å². The van der Waals surface area contributed by atoms with E-state index in [-0.39, 0.29) is 17.8 Å². The van der Waals surface area contributed by atoms with Crippen molar-refractivity contribution in [1.82, 2.24) is 20.5 Å². The van der Waals surface area contributed by atoms with Gasteiger partial charge in [-0.05, 0) is 24.3 Å². The van der Waals surface area contributed by atoms with Gasteiger partial charge in [0.2, 0.25) is 5.82 Å². The van der Waals surface area contributed by atoms with Crippen molar-refractivity contribution in [1.29, 1.82) is 0 Å². The van der Waals surface area contributed by atoms with Gasteiger partial charge < -0.3 is 5.32 Å². The summed E-state index contributed by atoms with van der Waals surface area (Å²) in [5.41, 5.74) is 0. The number of aromatic nitrogens is 3. The molecule has 0 unspecified atom stereocenters. The summed E-state index contributed by atoms with van der Waals surface area (Å²) in [4.78, 5) is 15.9. The summed E-state index contributed by atoms with van der Waals surface area (Å²) in [6.07, 6.45) is 2.85. The summed E-state index contributed by atoms with van der Waals surface area (Å²) < 4.78 is 0. The average molecular weight is 240 g/mol. The van der Waals surface area contributed by atoms with Crippen molar-refractivity contribution in [2.45, 2.75) is 32.2 Å². The van der Waals surface area contributed by atoms with Crippen molar-refractivity contribution in [2.75, 3.05) is 11.5 Å². The quantitative estimate of drug-likeness (QED) is 0.826. The molecule has 6 heteroatoms. The summed E-state index contributed by atoms with van der Waals surface area (Å²) in [5.74, 6) is 3.10. The minimum absolute atomic E-state index is 0.159. The van der Waals surface area contributed by atoms with Crippen LogP contribution >= 0.6 is 11.8 Å². The largest absolute Gasteiger partial charge is 0.346 e. The number of rotatable bonds is 3. The first-order valence-corrected chi connectivity index (χ1v) is 6.75. The Bertz CT molecular complexity index is 359. The predicted octanol–water partition coefficient (Wildman–Crippen LogP) is 0.992. The number of aromatic amines is 1. The van der Waals surface area contributed by atoms with E-state index in [1.54, 1.807) is 0 Å². The van der Waals surface area contributed by atoms with Crippen LogP contribution in [-0.2, 0) is 6.42 Å². The first kappa shape index (κ1) is 11.4. The van der Waals surface area contributed by atoms with Crippen LogP contribution in [0.15, 0.2) is 0 Å². The average Bonchev–Trinajstić information content (AvgIpc) is 2.79. The maximum absolute atomic E-state index is 11.8. The highest BCUT2D eigenvalue weighted by atomic mass is 32.2. The van der Waals surface area contributed by atoms with Gasteiger partial charge in [-0.1, -0.05) is 6.92 Å². The number of carbonyl (C=O) groups is 1. The zero-order chi connectivity index (χ0) is 11.4. The third-order valence-electron chi connectivity index (χ3n) is 2.63. The Kier molecular flexibility index (Phi) is 3.82. The molecular formula is C10H16N4OS. The number of nitrogens with one attached hydrogen (secondary N) is 2. The molecule has 2 N–H and O–H groups in total. The molecule has 1 saturated heterocycles. The van der Waals surface area contributed by atoms with Gasteiger partial charge in [-0.2, -0.15) is 11.8 Å². The predicted molar refractivity (Wildman–Crippen MR) is 63.6 cm³/mol. The molecule has 0 saturated carbocycles. The summed E-state index contributed by atoms with van der Waals surface area (Å²) in [5, 5.41) is 9.62. The maximum Gasteiger partial charge on any atom is 0.291 e. The molecule has 1 aliphatic rings. The third kappa shape index (κ3) is 2.75. The molecule has 1 fully saturated rings. The Balaban J connectivity index is 1.91. The van der Waals surface area contributed by atoms with Crippen LogP contribution in [0.3, 0.4) is 0 Å². The molecule has 1 aromatic heterocycles. The number of hydrogen-bond donors (Lipinski definition) is 2. The Hall–Kier alpha value is -1.04. The first-order valence-electron chi connectivity index (χ1n) is 5.59. The van der Waals surface area contributed by atoms with Crippen LogP contribution in [0, 0.1) is 0 Å². The standard InChI is InChI=1S/C10H16N4OS/c1-2-8-12-9(14-13-8)10(15)11-7-3-5-16-6-4-7/h7H,2-6H2,1H3,(H,11,15)(H,12,13,14). The van der Waals surface area contributed by atoms with E-state index in [1.165, 1.54) is 0 Å². The molecule has 0 aliphatic carbocycles. The van der Waals surface area contributed by atoms with E-state index in [0.717, 1.165) is 36.6 Å². The molecule has 0 atom stereocenters. The molecule has 0 radical (unpaired) electrons. The van der Waals surface area contributed by atoms with Crippen molar-refractivity contribution in [3.63, 3.8) is 0 Å². The van der Waals surface area contributed by atoms with Crippen LogP contribution in [0.25, 0.3) is 0 Å². The van der Waals surface area contributed by atoms with Crippen LogP contribution in [0.5, 0.6) is 0 Å². The van der Waals surface area contributed by atoms with Gasteiger partial charge >= 0.3 is 0 Å². The Morgan fingerprint density at radius 1 is 1.56 bits per heavy atom. The van der Waals surface area contributed by atoms with E-state index in [1.807, 2.05) is 18.7 Å². The van der Waals surface area contributed by atoms with Crippen LogP contribution in [-0.4, -0.2) is 38.6 Å². The molecule has 5 nitrogen and oxygen atoms in total. The van der Waals surface area contributed by atoms with Gasteiger partial charge in [0, 0.05) is 12.5 Å². The van der Waals surface area contributed by atoms with Gasteiger partial charge in [0.05, 0.1) is 0 Å². The van der Waals surface area contributed by atoms with E-state index < -0.39 is 0 Å². The molecule has 1 amide bonds. The Morgan fingerprint density at radius 2 is 2.31 bits per heavy atom. The minimum atomic E-state index is -0.159. The third-order valence-corrected chi connectivity index (χ3v) is 3.67. The lowest BCUT2D eigenvalue weighted by Gasteiger charge is -2.21. The van der Waals surface area contributed by atoms with Crippen LogP contribution < -0.4 is 5.32 Å². The lowest BCUT2D eigenvalue weighted by atomic mass is 10.1. The van der Waals surface area contributed by atoms with E-state index in [4.69, 9.17) is 0 Å². The molecule has 0 spiro atoms. The van der Waals surface area contributed by atoms with Gasteiger partial charge in [0.15, 0.2) is 0 Å². The molecule has 88 valence electrons. The van der Waals surface area contributed by atoms with Crippen molar-refractivity contribution in [2.24, 2.45) is 0 Å². The smallest absolute Gasteiger partial charge is 0.291 e. The normalized spacial score (nSPS) is 17.3. The number of hydrogen-bond acceptors (Lipinski definition) is 4. The lowest BCUT2D eigenvalue weighted by Crippen LogP contribution is -2.37. The van der Waals surface area contributed by atoms with Crippen molar-refractivity contribution in [3.8, 4) is 0 Å². The number of H-pyrrole nitrogens is 1. The summed E-state index contributed by atoms with van der Waals surface area (Å²) in [7, 11) is 0. The van der Waals surface area contributed by atoms with Crippen molar-refractivity contribution in [3.05, 3.63) is 11.6 Å². The summed E-state index contributed by atoms with van der Waals surface area (Å²) in [6, 6.07) is 0.289. The first-order chi connectivity index (χ1) is 7.79. The number of amides is 1. The summed E-state index contributed by atoms with van der Waals surface area (Å²) >= 11 is 1.94. The van der Waals surface area contributed by atoms with E-state index in [9.17, 15) is 4.79 Å². The fourth-order valence-electron chi connectivity index (χ4n) is 1.65. The molecule has 2 rings (SSSR count). The highest BCUT2D eigenvalue weighted by Crippen LogP contribution is 2.16. The second-order valence-corrected chi connectivity index (χ2v) is 5.04. The fourth-order valence-corrected chi connectivity index (χ4v) is 2.75. The van der Waals surface area contributed by atoms with Crippen LogP contribution in [0.1, 0.15) is 36.2 Å². The van der Waals surface area contributed by atoms with Gasteiger partial charge in [-0.3, -0.25) is 9.89 Å². The zero-order valence-corrected chi connectivity index (χ0v) is 10.1. The van der Waals surface area contributed by atoms with E-state index in [2.05, 4.69) is 20.5 Å². The van der Waals surface area contributed by atoms with Crippen LogP contribution in [0.2, 0.25) is 0 Å². The van der Waals surface area contributed by atoms with Gasteiger partial charge in [0.1, 0.15) is 5.82 Å². The monoisotopic (exact) mass is 240 g/mol. The molecule has 0 aromatic carbocycles. The Morgan fingerprint density at radius 3 is 2.94 bits per heavy atom.